The fourth-order valence-electron chi connectivity index (χ4n) is 3.98. The first kappa shape index (κ1) is 22.5. The molecule has 0 radical (unpaired) electrons. The van der Waals surface area contributed by atoms with Gasteiger partial charge in [0.1, 0.15) is 11.4 Å². The van der Waals surface area contributed by atoms with Crippen LogP contribution in [-0.4, -0.2) is 41.3 Å². The number of nitrogens with one attached hydrogen (secondary N) is 1. The van der Waals surface area contributed by atoms with Crippen molar-refractivity contribution in [3.05, 3.63) is 77.3 Å². The molecule has 1 aliphatic heterocycles. The summed E-state index contributed by atoms with van der Waals surface area (Å²) in [6.45, 7) is 0.777. The summed E-state index contributed by atoms with van der Waals surface area (Å²) in [4.78, 5) is 31.7. The van der Waals surface area contributed by atoms with Crippen LogP contribution in [0.4, 0.5) is 5.69 Å². The molecular formula is C24H22N4O4S2. The average molecular weight is 495 g/mol. The van der Waals surface area contributed by atoms with Crippen LogP contribution in [0.2, 0.25) is 0 Å². The van der Waals surface area contributed by atoms with Crippen LogP contribution in [0.5, 0.6) is 0 Å². The van der Waals surface area contributed by atoms with Gasteiger partial charge in [0.2, 0.25) is 15.9 Å². The van der Waals surface area contributed by atoms with Crippen LogP contribution in [0.3, 0.4) is 0 Å². The minimum atomic E-state index is -3.59. The van der Waals surface area contributed by atoms with E-state index in [1.165, 1.54) is 38.7 Å². The average Bonchev–Trinajstić information content (AvgIpc) is 3.53. The highest BCUT2D eigenvalue weighted by Crippen LogP contribution is 2.30. The highest BCUT2D eigenvalue weighted by atomic mass is 32.2. The Bertz CT molecular complexity index is 1520. The van der Waals surface area contributed by atoms with Crippen molar-refractivity contribution in [2.45, 2.75) is 24.3 Å². The van der Waals surface area contributed by atoms with Crippen molar-refractivity contribution in [2.75, 3.05) is 18.4 Å². The molecular weight excluding hydrogens is 472 g/mol. The maximum absolute atomic E-state index is 13.0. The van der Waals surface area contributed by atoms with Crippen molar-refractivity contribution in [3.63, 3.8) is 0 Å². The summed E-state index contributed by atoms with van der Waals surface area (Å²) in [5.41, 5.74) is 1.05. The zero-order valence-electron chi connectivity index (χ0n) is 18.2. The summed E-state index contributed by atoms with van der Waals surface area (Å²) in [5, 5.41) is 3.15. The molecule has 174 valence electrons. The molecule has 0 spiro atoms. The van der Waals surface area contributed by atoms with E-state index in [9.17, 15) is 18.0 Å². The lowest BCUT2D eigenvalue weighted by molar-refractivity contribution is -0.116. The Morgan fingerprint density at radius 2 is 1.79 bits per heavy atom. The number of benzene rings is 2. The highest BCUT2D eigenvalue weighted by molar-refractivity contribution is 7.89. The van der Waals surface area contributed by atoms with E-state index >= 15 is 0 Å². The normalized spacial score (nSPS) is 14.5. The number of hydrogen-bond acceptors (Lipinski definition) is 6. The molecule has 1 amide bonds. The van der Waals surface area contributed by atoms with Crippen LogP contribution in [0.15, 0.2) is 76.7 Å². The number of aromatic nitrogens is 2. The number of thiophene rings is 1. The molecule has 0 bridgehead atoms. The summed E-state index contributed by atoms with van der Waals surface area (Å²) in [6.07, 6.45) is 3.06. The molecule has 0 unspecified atom stereocenters. The van der Waals surface area contributed by atoms with Gasteiger partial charge in [0, 0.05) is 23.7 Å². The second-order valence-electron chi connectivity index (χ2n) is 8.06. The van der Waals surface area contributed by atoms with E-state index in [1.807, 2.05) is 30.3 Å². The molecule has 0 saturated carbocycles. The van der Waals surface area contributed by atoms with Gasteiger partial charge < -0.3 is 5.32 Å². The number of fused-ring (bicyclic) bond motifs is 1. The monoisotopic (exact) mass is 494 g/mol. The van der Waals surface area contributed by atoms with Gasteiger partial charge in [0.15, 0.2) is 0 Å². The first-order chi connectivity index (χ1) is 16.4. The predicted molar refractivity (Wildman–Crippen MR) is 132 cm³/mol. The number of sulfonamides is 1. The zero-order chi connectivity index (χ0) is 23.7. The number of carbonyl (C=O) groups is 1. The Balaban J connectivity index is 1.34. The SMILES string of the molecule is O=C(Cn1cnc2sc(-c3ccccc3)cc2c1=O)Nc1cccc(S(=O)(=O)N2CCCC2)c1. The highest BCUT2D eigenvalue weighted by Gasteiger charge is 2.27. The molecule has 4 aromatic rings. The molecule has 0 atom stereocenters. The van der Waals surface area contributed by atoms with Crippen molar-refractivity contribution >= 4 is 43.2 Å². The summed E-state index contributed by atoms with van der Waals surface area (Å²) in [5.74, 6) is -0.447. The van der Waals surface area contributed by atoms with Gasteiger partial charge in [-0.15, -0.1) is 11.3 Å². The van der Waals surface area contributed by atoms with E-state index in [4.69, 9.17) is 0 Å². The van der Waals surface area contributed by atoms with Crippen molar-refractivity contribution in [1.82, 2.24) is 13.9 Å². The van der Waals surface area contributed by atoms with Crippen LogP contribution in [0.1, 0.15) is 12.8 Å². The Hall–Kier alpha value is -3.34. The third kappa shape index (κ3) is 4.39. The van der Waals surface area contributed by atoms with E-state index < -0.39 is 15.9 Å². The molecule has 8 nitrogen and oxygen atoms in total. The lowest BCUT2D eigenvalue weighted by atomic mass is 10.2. The van der Waals surface area contributed by atoms with Gasteiger partial charge in [-0.25, -0.2) is 13.4 Å². The summed E-state index contributed by atoms with van der Waals surface area (Å²) in [7, 11) is -3.59. The Morgan fingerprint density at radius 1 is 1.03 bits per heavy atom. The second kappa shape index (κ2) is 9.13. The van der Waals surface area contributed by atoms with Gasteiger partial charge in [-0.1, -0.05) is 36.4 Å². The van der Waals surface area contributed by atoms with Gasteiger partial charge in [-0.05, 0) is 42.7 Å². The van der Waals surface area contributed by atoms with Crippen LogP contribution in [-0.2, 0) is 21.4 Å². The number of hydrogen-bond donors (Lipinski definition) is 1. The number of carbonyl (C=O) groups excluding carboxylic acids is 1. The van der Waals surface area contributed by atoms with Crippen LogP contribution in [0.25, 0.3) is 20.7 Å². The molecule has 2 aromatic heterocycles. The first-order valence-electron chi connectivity index (χ1n) is 10.9. The molecule has 10 heteroatoms. The molecule has 1 saturated heterocycles. The quantitative estimate of drug-likeness (QED) is 0.442. The van der Waals surface area contributed by atoms with Crippen LogP contribution >= 0.6 is 11.3 Å². The summed E-state index contributed by atoms with van der Waals surface area (Å²) >= 11 is 1.42. The van der Waals surface area contributed by atoms with Crippen LogP contribution in [0, 0.1) is 0 Å². The smallest absolute Gasteiger partial charge is 0.262 e. The number of amides is 1. The second-order valence-corrected chi connectivity index (χ2v) is 11.0. The predicted octanol–water partition coefficient (Wildman–Crippen LogP) is 3.55. The van der Waals surface area contributed by atoms with Gasteiger partial charge in [-0.3, -0.25) is 14.2 Å². The van der Waals surface area contributed by atoms with E-state index in [0.717, 1.165) is 23.3 Å². The standard InChI is InChI=1S/C24H22N4O4S2/c29-22(26-18-9-6-10-19(13-18)34(31,32)28-11-4-5-12-28)15-27-16-25-23-20(24(27)30)14-21(33-23)17-7-2-1-3-8-17/h1-3,6-10,13-14,16H,4-5,11-12,15H2,(H,26,29). The Kier molecular flexibility index (Phi) is 6.03. The topological polar surface area (TPSA) is 101 Å². The minimum absolute atomic E-state index is 0.138. The van der Waals surface area contributed by atoms with Crippen molar-refractivity contribution in [2.24, 2.45) is 0 Å². The molecule has 34 heavy (non-hydrogen) atoms. The third-order valence-corrected chi connectivity index (χ3v) is 8.70. The number of nitrogens with zero attached hydrogens (tertiary/aromatic N) is 3. The van der Waals surface area contributed by atoms with E-state index in [0.29, 0.717) is 29.0 Å². The van der Waals surface area contributed by atoms with Gasteiger partial charge in [-0.2, -0.15) is 4.31 Å². The molecule has 5 rings (SSSR count). The Morgan fingerprint density at radius 3 is 2.56 bits per heavy atom. The molecule has 1 aliphatic rings. The molecule has 3 heterocycles. The maximum atomic E-state index is 13.0. The lowest BCUT2D eigenvalue weighted by Crippen LogP contribution is -2.28. The molecule has 0 aliphatic carbocycles. The largest absolute Gasteiger partial charge is 0.324 e. The van der Waals surface area contributed by atoms with Gasteiger partial charge >= 0.3 is 0 Å². The minimum Gasteiger partial charge on any atom is -0.324 e. The summed E-state index contributed by atoms with van der Waals surface area (Å²) in [6, 6.07) is 17.7. The molecule has 1 N–H and O–H groups in total. The van der Waals surface area contributed by atoms with E-state index in [1.54, 1.807) is 18.2 Å². The van der Waals surface area contributed by atoms with Gasteiger partial charge in [0.05, 0.1) is 16.6 Å². The van der Waals surface area contributed by atoms with E-state index in [-0.39, 0.29) is 17.0 Å². The van der Waals surface area contributed by atoms with Crippen molar-refractivity contribution in [1.29, 1.82) is 0 Å². The first-order valence-corrected chi connectivity index (χ1v) is 13.1. The van der Waals surface area contributed by atoms with Gasteiger partial charge in [0.25, 0.3) is 5.56 Å². The third-order valence-electron chi connectivity index (χ3n) is 5.71. The zero-order valence-corrected chi connectivity index (χ0v) is 19.8. The number of rotatable bonds is 6. The maximum Gasteiger partial charge on any atom is 0.262 e. The fourth-order valence-corrected chi connectivity index (χ4v) is 6.54. The molecule has 1 fully saturated rings. The Labute approximate surface area is 200 Å². The fraction of sp³-hybridized carbons (Fsp3) is 0.208. The summed E-state index contributed by atoms with van der Waals surface area (Å²) < 4.78 is 28.3. The van der Waals surface area contributed by atoms with E-state index in [2.05, 4.69) is 10.3 Å². The number of anilines is 1. The lowest BCUT2D eigenvalue weighted by Gasteiger charge is -2.16. The van der Waals surface area contributed by atoms with Crippen molar-refractivity contribution < 1.29 is 13.2 Å². The van der Waals surface area contributed by atoms with Crippen LogP contribution < -0.4 is 10.9 Å². The van der Waals surface area contributed by atoms with Crippen molar-refractivity contribution in [3.8, 4) is 10.4 Å². The molecule has 2 aromatic carbocycles.